The molecule has 1 fully saturated rings. The smallest absolute Gasteiger partial charge is 0.240 e. The first-order valence-electron chi connectivity index (χ1n) is 11.4. The number of aryl methyl sites for hydroxylation is 1. The number of carbonyl (C=O) groups excluding carboxylic acids is 1. The third kappa shape index (κ3) is 3.73. The summed E-state index contributed by atoms with van der Waals surface area (Å²) >= 11 is 0. The number of hydrogen-bond acceptors (Lipinski definition) is 6. The highest BCUT2D eigenvalue weighted by Gasteiger charge is 2.34. The molecular formula is C27H26N2O5. The molecule has 0 spiro atoms. The zero-order valence-corrected chi connectivity index (χ0v) is 19.1. The summed E-state index contributed by atoms with van der Waals surface area (Å²) in [7, 11) is 1.56. The number of nitrogens with zero attached hydrogens (tertiary/aromatic N) is 2. The van der Waals surface area contributed by atoms with Crippen molar-refractivity contribution in [2.45, 2.75) is 38.5 Å². The fourth-order valence-electron chi connectivity index (χ4n) is 4.80. The Balaban J connectivity index is 1.62. The Morgan fingerprint density at radius 3 is 2.32 bits per heavy atom. The average molecular weight is 459 g/mol. The minimum Gasteiger partial charge on any atom is -0.503 e. The molecule has 1 saturated carbocycles. The van der Waals surface area contributed by atoms with Crippen LogP contribution in [0.15, 0.2) is 59.1 Å². The summed E-state index contributed by atoms with van der Waals surface area (Å²) in [6.07, 6.45) is 3.86. The number of ketones is 1. The molecule has 0 amide bonds. The molecule has 2 heterocycles. The Hall–Kier alpha value is -4.00. The highest BCUT2D eigenvalue weighted by molar-refractivity contribution is 6.12. The summed E-state index contributed by atoms with van der Waals surface area (Å²) in [5.41, 5.74) is 3.52. The van der Waals surface area contributed by atoms with Crippen LogP contribution in [0.2, 0.25) is 0 Å². The van der Waals surface area contributed by atoms with Crippen molar-refractivity contribution in [1.82, 2.24) is 9.72 Å². The van der Waals surface area contributed by atoms with E-state index in [9.17, 15) is 15.0 Å². The fourth-order valence-corrected chi connectivity index (χ4v) is 4.80. The minimum absolute atomic E-state index is 0.0561. The molecular weight excluding hydrogens is 432 g/mol. The molecule has 0 saturated heterocycles. The molecule has 2 aromatic heterocycles. The van der Waals surface area contributed by atoms with Crippen molar-refractivity contribution in [1.29, 1.82) is 0 Å². The number of methoxy groups -OCH3 is 1. The van der Waals surface area contributed by atoms with Gasteiger partial charge in [-0.3, -0.25) is 9.36 Å². The van der Waals surface area contributed by atoms with Gasteiger partial charge in [0.15, 0.2) is 17.3 Å². The summed E-state index contributed by atoms with van der Waals surface area (Å²) in [6, 6.07) is 16.0. The highest BCUT2D eigenvalue weighted by atomic mass is 16.5. The van der Waals surface area contributed by atoms with E-state index in [0.29, 0.717) is 28.5 Å². The number of carbonyl (C=O) groups is 1. The van der Waals surface area contributed by atoms with Crippen LogP contribution in [0.3, 0.4) is 0 Å². The Morgan fingerprint density at radius 1 is 1.06 bits per heavy atom. The molecule has 174 valence electrons. The predicted octanol–water partition coefficient (Wildman–Crippen LogP) is 5.75. The summed E-state index contributed by atoms with van der Waals surface area (Å²) in [5.74, 6) is 0.291. The lowest BCUT2D eigenvalue weighted by Crippen LogP contribution is -2.10. The van der Waals surface area contributed by atoms with Gasteiger partial charge in [-0.25, -0.2) is 0 Å². The molecule has 1 aliphatic rings. The molecule has 4 aromatic rings. The molecule has 0 aliphatic heterocycles. The molecule has 1 aliphatic carbocycles. The first-order chi connectivity index (χ1) is 16.5. The van der Waals surface area contributed by atoms with Crippen molar-refractivity contribution in [3.8, 4) is 34.4 Å². The Labute approximate surface area is 197 Å². The average Bonchev–Trinajstić information content (AvgIpc) is 3.60. The maximum absolute atomic E-state index is 13.5. The van der Waals surface area contributed by atoms with Gasteiger partial charge in [0.1, 0.15) is 5.75 Å². The number of aromatic hydroxyl groups is 2. The largest absolute Gasteiger partial charge is 0.503 e. The molecule has 0 unspecified atom stereocenters. The van der Waals surface area contributed by atoms with Crippen LogP contribution in [0.4, 0.5) is 0 Å². The van der Waals surface area contributed by atoms with Gasteiger partial charge in [0, 0.05) is 34.5 Å². The van der Waals surface area contributed by atoms with Gasteiger partial charge in [-0.1, -0.05) is 18.0 Å². The van der Waals surface area contributed by atoms with Gasteiger partial charge in [-0.2, -0.15) is 0 Å². The standard InChI is InChI=1S/C27H26N2O5/c1-16-15-22(34-28-16)17-7-11-20(12-8-17)29-24(18-5-3-4-6-18)23(26(31)27(29)32)25(30)19-9-13-21(33-2)14-10-19/h7-15,18,31-32H,3-6H2,1-2H3. The van der Waals surface area contributed by atoms with E-state index in [1.54, 1.807) is 35.9 Å². The summed E-state index contributed by atoms with van der Waals surface area (Å²) in [6.45, 7) is 1.86. The summed E-state index contributed by atoms with van der Waals surface area (Å²) in [5, 5.41) is 25.9. The lowest BCUT2D eigenvalue weighted by Gasteiger charge is -2.17. The van der Waals surface area contributed by atoms with E-state index in [2.05, 4.69) is 5.16 Å². The Morgan fingerprint density at radius 2 is 1.74 bits per heavy atom. The van der Waals surface area contributed by atoms with Crippen LogP contribution in [0.5, 0.6) is 17.4 Å². The van der Waals surface area contributed by atoms with Gasteiger partial charge in [-0.15, -0.1) is 0 Å². The molecule has 2 N–H and O–H groups in total. The molecule has 0 radical (unpaired) electrons. The van der Waals surface area contributed by atoms with E-state index < -0.39 is 5.75 Å². The third-order valence-electron chi connectivity index (χ3n) is 6.52. The van der Waals surface area contributed by atoms with Crippen molar-refractivity contribution in [3.05, 3.63) is 77.1 Å². The van der Waals surface area contributed by atoms with Gasteiger partial charge >= 0.3 is 0 Å². The first-order valence-corrected chi connectivity index (χ1v) is 11.4. The molecule has 34 heavy (non-hydrogen) atoms. The lowest BCUT2D eigenvalue weighted by atomic mass is 9.94. The van der Waals surface area contributed by atoms with E-state index in [1.807, 2.05) is 37.3 Å². The van der Waals surface area contributed by atoms with Crippen LogP contribution in [-0.4, -0.2) is 32.8 Å². The maximum atomic E-state index is 13.5. The number of rotatable bonds is 6. The lowest BCUT2D eigenvalue weighted by molar-refractivity contribution is 0.103. The van der Waals surface area contributed by atoms with Crippen LogP contribution in [0, 0.1) is 6.92 Å². The van der Waals surface area contributed by atoms with Crippen molar-refractivity contribution in [3.63, 3.8) is 0 Å². The zero-order valence-electron chi connectivity index (χ0n) is 19.1. The van der Waals surface area contributed by atoms with Crippen LogP contribution >= 0.6 is 0 Å². The number of benzene rings is 2. The monoisotopic (exact) mass is 458 g/mol. The molecule has 2 aromatic carbocycles. The predicted molar refractivity (Wildman–Crippen MR) is 127 cm³/mol. The van der Waals surface area contributed by atoms with Gasteiger partial charge in [-0.05, 0) is 68.3 Å². The minimum atomic E-state index is -0.391. The van der Waals surface area contributed by atoms with Crippen LogP contribution in [-0.2, 0) is 0 Å². The SMILES string of the molecule is COc1ccc(C(=O)c2c(O)c(O)n(-c3ccc(-c4cc(C)no4)cc3)c2C2CCCC2)cc1. The van der Waals surface area contributed by atoms with E-state index in [-0.39, 0.29) is 23.1 Å². The normalized spacial score (nSPS) is 13.9. The van der Waals surface area contributed by atoms with Crippen LogP contribution in [0.25, 0.3) is 17.0 Å². The van der Waals surface area contributed by atoms with Crippen LogP contribution < -0.4 is 4.74 Å². The second-order valence-electron chi connectivity index (χ2n) is 8.69. The van der Waals surface area contributed by atoms with Crippen molar-refractivity contribution < 1.29 is 24.3 Å². The summed E-state index contributed by atoms with van der Waals surface area (Å²) in [4.78, 5) is 13.5. The van der Waals surface area contributed by atoms with Gasteiger partial charge in [0.2, 0.25) is 5.88 Å². The fraction of sp³-hybridized carbons (Fsp3) is 0.259. The third-order valence-corrected chi connectivity index (χ3v) is 6.52. The second-order valence-corrected chi connectivity index (χ2v) is 8.69. The van der Waals surface area contributed by atoms with Crippen molar-refractivity contribution in [2.24, 2.45) is 0 Å². The zero-order chi connectivity index (χ0) is 23.8. The van der Waals surface area contributed by atoms with E-state index in [0.717, 1.165) is 36.9 Å². The molecule has 0 atom stereocenters. The topological polar surface area (TPSA) is 97.7 Å². The molecule has 5 rings (SSSR count). The van der Waals surface area contributed by atoms with Gasteiger partial charge in [0.25, 0.3) is 0 Å². The molecule has 7 nitrogen and oxygen atoms in total. The second kappa shape index (κ2) is 8.74. The van der Waals surface area contributed by atoms with E-state index in [1.165, 1.54) is 0 Å². The van der Waals surface area contributed by atoms with E-state index >= 15 is 0 Å². The molecule has 0 bridgehead atoms. The Kier molecular flexibility index (Phi) is 5.61. The molecule has 7 heteroatoms. The highest BCUT2D eigenvalue weighted by Crippen LogP contribution is 2.46. The number of hydrogen-bond donors (Lipinski definition) is 2. The maximum Gasteiger partial charge on any atom is 0.240 e. The van der Waals surface area contributed by atoms with E-state index in [4.69, 9.17) is 9.26 Å². The van der Waals surface area contributed by atoms with Crippen molar-refractivity contribution in [2.75, 3.05) is 7.11 Å². The first kappa shape index (κ1) is 21.8. The Bertz CT molecular complexity index is 1330. The summed E-state index contributed by atoms with van der Waals surface area (Å²) < 4.78 is 12.1. The van der Waals surface area contributed by atoms with Crippen LogP contribution in [0.1, 0.15) is 58.9 Å². The number of ether oxygens (including phenoxy) is 1. The number of aromatic nitrogens is 2. The van der Waals surface area contributed by atoms with Crippen molar-refractivity contribution >= 4 is 5.78 Å². The van der Waals surface area contributed by atoms with Gasteiger partial charge in [0.05, 0.1) is 18.4 Å². The quantitative estimate of drug-likeness (QED) is 0.357. The van der Waals surface area contributed by atoms with Gasteiger partial charge < -0.3 is 19.5 Å².